The van der Waals surface area contributed by atoms with Crippen LogP contribution in [0.4, 0.5) is 0 Å². The molecule has 2 aromatic heterocycles. The number of benzene rings is 1. The van der Waals surface area contributed by atoms with Crippen LogP contribution in [0, 0.1) is 0 Å². The molecule has 1 aromatic carbocycles. The van der Waals surface area contributed by atoms with Crippen LogP contribution < -0.4 is 5.56 Å². The molecule has 0 amide bonds. The van der Waals surface area contributed by atoms with Crippen LogP contribution >= 0.6 is 0 Å². The zero-order valence-electron chi connectivity index (χ0n) is 19.1. The van der Waals surface area contributed by atoms with E-state index in [0.29, 0.717) is 16.5 Å². The van der Waals surface area contributed by atoms with E-state index in [2.05, 4.69) is 38.8 Å². The normalized spacial score (nSPS) is 20.3. The van der Waals surface area contributed by atoms with Crippen LogP contribution in [-0.4, -0.2) is 30.3 Å². The molecule has 3 aromatic rings. The first-order chi connectivity index (χ1) is 14.6. The molecule has 0 N–H and O–H groups in total. The van der Waals surface area contributed by atoms with Crippen LogP contribution in [-0.2, 0) is 4.43 Å². The van der Waals surface area contributed by atoms with Crippen molar-refractivity contribution in [3.8, 4) is 0 Å². The van der Waals surface area contributed by atoms with E-state index in [0.717, 1.165) is 42.7 Å². The molecule has 6 heteroatoms. The van der Waals surface area contributed by atoms with Crippen LogP contribution in [0.5, 0.6) is 0 Å². The Labute approximate surface area is 184 Å². The van der Waals surface area contributed by atoms with Gasteiger partial charge in [-0.05, 0) is 49.2 Å². The molecule has 2 atom stereocenters. The Kier molecular flexibility index (Phi) is 5.64. The first-order valence-corrected chi connectivity index (χ1v) is 14.1. The van der Waals surface area contributed by atoms with E-state index in [1.807, 2.05) is 29.0 Å². The molecule has 0 bridgehead atoms. The molecule has 5 nitrogen and oxygen atoms in total. The van der Waals surface area contributed by atoms with Crippen LogP contribution in [0.25, 0.3) is 21.7 Å². The highest BCUT2D eigenvalue weighted by molar-refractivity contribution is 6.74. The summed E-state index contributed by atoms with van der Waals surface area (Å²) in [6.07, 6.45) is 8.56. The Morgan fingerprint density at radius 1 is 1.13 bits per heavy atom. The van der Waals surface area contributed by atoms with Gasteiger partial charge in [-0.2, -0.15) is 0 Å². The maximum Gasteiger partial charge on any atom is 0.258 e. The molecule has 2 heterocycles. The van der Waals surface area contributed by atoms with Gasteiger partial charge in [-0.15, -0.1) is 0 Å². The molecule has 164 valence electrons. The van der Waals surface area contributed by atoms with Crippen molar-refractivity contribution in [2.45, 2.75) is 76.7 Å². The summed E-state index contributed by atoms with van der Waals surface area (Å²) < 4.78 is 8.65. The van der Waals surface area contributed by atoms with Gasteiger partial charge in [0.15, 0.2) is 14.6 Å². The van der Waals surface area contributed by atoms with Crippen molar-refractivity contribution in [2.24, 2.45) is 0 Å². The SMILES string of the molecule is CC(C)(C)[Si](C)(C)O[C@H]1CCCC[C@@H]1n1ccc2c(cc(C=O)c3cccnc32)c1=O. The lowest BCUT2D eigenvalue weighted by atomic mass is 9.92. The number of rotatable bonds is 4. The molecular weight excluding hydrogens is 404 g/mol. The Morgan fingerprint density at radius 2 is 1.87 bits per heavy atom. The maximum absolute atomic E-state index is 13.6. The van der Waals surface area contributed by atoms with Gasteiger partial charge >= 0.3 is 0 Å². The number of carbonyl (C=O) groups excluding carboxylic acids is 1. The maximum atomic E-state index is 13.6. The summed E-state index contributed by atoms with van der Waals surface area (Å²) in [5.74, 6) is 0. The smallest absolute Gasteiger partial charge is 0.258 e. The highest BCUT2D eigenvalue weighted by Crippen LogP contribution is 2.41. The number of fused-ring (bicyclic) bond motifs is 3. The number of pyridine rings is 2. The second-order valence-electron chi connectivity index (χ2n) is 10.2. The third-order valence-electron chi connectivity index (χ3n) is 7.23. The first kappa shape index (κ1) is 21.9. The zero-order chi connectivity index (χ0) is 22.4. The lowest BCUT2D eigenvalue weighted by Crippen LogP contribution is -2.47. The van der Waals surface area contributed by atoms with Crippen molar-refractivity contribution in [1.82, 2.24) is 9.55 Å². The van der Waals surface area contributed by atoms with E-state index >= 15 is 0 Å². The largest absolute Gasteiger partial charge is 0.412 e. The second kappa shape index (κ2) is 7.99. The fourth-order valence-electron chi connectivity index (χ4n) is 4.45. The topological polar surface area (TPSA) is 61.2 Å². The van der Waals surface area contributed by atoms with Gasteiger partial charge in [0.25, 0.3) is 5.56 Å². The molecule has 1 fully saturated rings. The molecule has 0 radical (unpaired) electrons. The second-order valence-corrected chi connectivity index (χ2v) is 15.0. The summed E-state index contributed by atoms with van der Waals surface area (Å²) in [5, 5.41) is 2.24. The monoisotopic (exact) mass is 436 g/mol. The molecule has 0 spiro atoms. The summed E-state index contributed by atoms with van der Waals surface area (Å²) in [4.78, 5) is 29.8. The number of aromatic nitrogens is 2. The van der Waals surface area contributed by atoms with Gasteiger partial charge in [-0.1, -0.05) is 39.7 Å². The van der Waals surface area contributed by atoms with E-state index < -0.39 is 8.32 Å². The molecule has 31 heavy (non-hydrogen) atoms. The van der Waals surface area contributed by atoms with E-state index in [1.54, 1.807) is 12.3 Å². The van der Waals surface area contributed by atoms with Crippen molar-refractivity contribution in [2.75, 3.05) is 0 Å². The Hall–Kier alpha value is -2.31. The average Bonchev–Trinajstić information content (AvgIpc) is 2.73. The molecule has 1 saturated carbocycles. The van der Waals surface area contributed by atoms with E-state index in [4.69, 9.17) is 4.43 Å². The Morgan fingerprint density at radius 3 is 2.58 bits per heavy atom. The van der Waals surface area contributed by atoms with Crippen molar-refractivity contribution in [3.05, 3.63) is 52.6 Å². The van der Waals surface area contributed by atoms with Gasteiger partial charge in [0.1, 0.15) is 0 Å². The third kappa shape index (κ3) is 3.87. The van der Waals surface area contributed by atoms with Crippen LogP contribution in [0.15, 0.2) is 41.5 Å². The molecule has 0 unspecified atom stereocenters. The van der Waals surface area contributed by atoms with Crippen molar-refractivity contribution >= 4 is 36.3 Å². The molecule has 4 rings (SSSR count). The van der Waals surface area contributed by atoms with Gasteiger partial charge in [-0.3, -0.25) is 14.6 Å². The van der Waals surface area contributed by atoms with Gasteiger partial charge in [-0.25, -0.2) is 0 Å². The minimum absolute atomic E-state index is 0.0129. The number of carbonyl (C=O) groups is 1. The van der Waals surface area contributed by atoms with Crippen molar-refractivity contribution < 1.29 is 9.22 Å². The zero-order valence-corrected chi connectivity index (χ0v) is 20.1. The van der Waals surface area contributed by atoms with Gasteiger partial charge in [0, 0.05) is 28.7 Å². The van der Waals surface area contributed by atoms with Crippen LogP contribution in [0.1, 0.15) is 62.9 Å². The third-order valence-corrected chi connectivity index (χ3v) is 11.7. The molecular formula is C25H32N2O3Si. The predicted molar refractivity (Wildman–Crippen MR) is 128 cm³/mol. The Bertz CT molecular complexity index is 1190. The van der Waals surface area contributed by atoms with Gasteiger partial charge < -0.3 is 8.99 Å². The minimum atomic E-state index is -1.96. The molecule has 0 saturated heterocycles. The fourth-order valence-corrected chi connectivity index (χ4v) is 5.83. The summed E-state index contributed by atoms with van der Waals surface area (Å²) in [7, 11) is -1.96. The quantitative estimate of drug-likeness (QED) is 0.292. The summed E-state index contributed by atoms with van der Waals surface area (Å²) >= 11 is 0. The first-order valence-electron chi connectivity index (χ1n) is 11.2. The average molecular weight is 437 g/mol. The predicted octanol–water partition coefficient (Wildman–Crippen LogP) is 5.87. The van der Waals surface area contributed by atoms with Crippen molar-refractivity contribution in [3.63, 3.8) is 0 Å². The summed E-state index contributed by atoms with van der Waals surface area (Å²) in [6.45, 7) is 11.3. The molecule has 0 aliphatic heterocycles. The van der Waals surface area contributed by atoms with E-state index in [-0.39, 0.29) is 22.7 Å². The Balaban J connectivity index is 1.83. The number of hydrogen-bond acceptors (Lipinski definition) is 4. The van der Waals surface area contributed by atoms with Crippen LogP contribution in [0.3, 0.4) is 0 Å². The van der Waals surface area contributed by atoms with Gasteiger partial charge in [0.05, 0.1) is 23.0 Å². The van der Waals surface area contributed by atoms with E-state index in [9.17, 15) is 9.59 Å². The standard InChI is InChI=1S/C25H32N2O3Si/c1-25(2,3)31(4,5)30-22-11-7-6-10-21(22)27-14-12-19-20(24(27)29)15-17(16-28)18-9-8-13-26-23(18)19/h8-9,12-16,21-22H,6-7,10-11H2,1-5H3/t21-,22-/m0/s1. The van der Waals surface area contributed by atoms with Gasteiger partial charge in [0.2, 0.25) is 0 Å². The lowest BCUT2D eigenvalue weighted by molar-refractivity contribution is 0.0829. The minimum Gasteiger partial charge on any atom is -0.412 e. The number of aldehydes is 1. The van der Waals surface area contributed by atoms with E-state index in [1.165, 1.54) is 0 Å². The highest BCUT2D eigenvalue weighted by Gasteiger charge is 2.41. The molecule has 1 aliphatic carbocycles. The number of nitrogens with zero attached hydrogens (tertiary/aromatic N) is 2. The summed E-state index contributed by atoms with van der Waals surface area (Å²) in [6, 6.07) is 7.39. The fraction of sp³-hybridized carbons (Fsp3) is 0.480. The summed E-state index contributed by atoms with van der Waals surface area (Å²) in [5.41, 5.74) is 1.14. The van der Waals surface area contributed by atoms with Crippen molar-refractivity contribution in [1.29, 1.82) is 0 Å². The lowest BCUT2D eigenvalue weighted by Gasteiger charge is -2.43. The highest BCUT2D eigenvalue weighted by atomic mass is 28.4. The number of hydrogen-bond donors (Lipinski definition) is 0. The molecule has 1 aliphatic rings. The van der Waals surface area contributed by atoms with Crippen LogP contribution in [0.2, 0.25) is 18.1 Å².